The van der Waals surface area contributed by atoms with Crippen molar-refractivity contribution in [2.75, 3.05) is 6.54 Å². The summed E-state index contributed by atoms with van der Waals surface area (Å²) in [6.45, 7) is 1.49. The Morgan fingerprint density at radius 2 is 2.25 bits per heavy atom. The van der Waals surface area contributed by atoms with Crippen molar-refractivity contribution in [1.82, 2.24) is 15.0 Å². The van der Waals surface area contributed by atoms with Gasteiger partial charge in [0.25, 0.3) is 0 Å². The molecule has 84 valence electrons. The lowest BCUT2D eigenvalue weighted by Gasteiger charge is -1.97. The number of benzene rings is 1. The van der Waals surface area contributed by atoms with E-state index in [4.69, 9.17) is 5.73 Å². The Hall–Kier alpha value is -1.20. The molecule has 2 rings (SSSR count). The molecule has 4 nitrogen and oxygen atoms in total. The van der Waals surface area contributed by atoms with Crippen LogP contribution in [-0.2, 0) is 6.54 Å². The Balaban J connectivity index is 2.18. The van der Waals surface area contributed by atoms with E-state index in [-0.39, 0.29) is 0 Å². The Morgan fingerprint density at radius 1 is 1.38 bits per heavy atom. The SMILES string of the molecule is NCCCn1cc(-c2cccc(Br)c2)nn1. The highest BCUT2D eigenvalue weighted by Gasteiger charge is 2.03. The van der Waals surface area contributed by atoms with Gasteiger partial charge in [0.2, 0.25) is 0 Å². The van der Waals surface area contributed by atoms with Crippen LogP contribution in [0.25, 0.3) is 11.3 Å². The van der Waals surface area contributed by atoms with Gasteiger partial charge in [-0.3, -0.25) is 4.68 Å². The molecule has 0 aliphatic heterocycles. The van der Waals surface area contributed by atoms with Crippen LogP contribution < -0.4 is 5.73 Å². The lowest BCUT2D eigenvalue weighted by atomic mass is 10.2. The third-order valence-corrected chi connectivity index (χ3v) is 2.74. The zero-order valence-electron chi connectivity index (χ0n) is 8.81. The van der Waals surface area contributed by atoms with Gasteiger partial charge in [-0.05, 0) is 25.1 Å². The molecule has 16 heavy (non-hydrogen) atoms. The zero-order valence-corrected chi connectivity index (χ0v) is 10.4. The summed E-state index contributed by atoms with van der Waals surface area (Å²) in [4.78, 5) is 0. The van der Waals surface area contributed by atoms with Crippen LogP contribution in [0.1, 0.15) is 6.42 Å². The normalized spacial score (nSPS) is 10.6. The van der Waals surface area contributed by atoms with E-state index < -0.39 is 0 Å². The fraction of sp³-hybridized carbons (Fsp3) is 0.273. The van der Waals surface area contributed by atoms with Crippen molar-refractivity contribution in [2.24, 2.45) is 5.73 Å². The summed E-state index contributed by atoms with van der Waals surface area (Å²) < 4.78 is 2.87. The third-order valence-electron chi connectivity index (χ3n) is 2.25. The summed E-state index contributed by atoms with van der Waals surface area (Å²) in [6, 6.07) is 8.01. The minimum absolute atomic E-state index is 0.673. The average Bonchev–Trinajstić information content (AvgIpc) is 2.75. The fourth-order valence-corrected chi connectivity index (χ4v) is 1.84. The highest BCUT2D eigenvalue weighted by atomic mass is 79.9. The summed E-state index contributed by atoms with van der Waals surface area (Å²) in [5.74, 6) is 0. The number of rotatable bonds is 4. The van der Waals surface area contributed by atoms with Gasteiger partial charge in [-0.25, -0.2) is 0 Å². The molecule has 1 heterocycles. The van der Waals surface area contributed by atoms with E-state index >= 15 is 0 Å². The van der Waals surface area contributed by atoms with E-state index in [0.717, 1.165) is 28.7 Å². The number of hydrogen-bond acceptors (Lipinski definition) is 3. The maximum absolute atomic E-state index is 5.45. The molecular formula is C11H13BrN4. The van der Waals surface area contributed by atoms with E-state index in [1.54, 1.807) is 0 Å². The maximum Gasteiger partial charge on any atom is 0.113 e. The van der Waals surface area contributed by atoms with Crippen LogP contribution in [0.3, 0.4) is 0 Å². The minimum Gasteiger partial charge on any atom is -0.330 e. The van der Waals surface area contributed by atoms with E-state index in [1.807, 2.05) is 35.1 Å². The molecular weight excluding hydrogens is 268 g/mol. The number of hydrogen-bond donors (Lipinski definition) is 1. The molecule has 0 aliphatic rings. The second kappa shape index (κ2) is 5.23. The van der Waals surface area contributed by atoms with Crippen LogP contribution >= 0.6 is 15.9 Å². The van der Waals surface area contributed by atoms with E-state index in [1.165, 1.54) is 0 Å². The van der Waals surface area contributed by atoms with Crippen molar-refractivity contribution in [3.8, 4) is 11.3 Å². The summed E-state index contributed by atoms with van der Waals surface area (Å²) in [5, 5.41) is 8.19. The first kappa shape index (κ1) is 11.3. The molecule has 0 saturated heterocycles. The fourth-order valence-electron chi connectivity index (χ4n) is 1.44. The van der Waals surface area contributed by atoms with Crippen LogP contribution in [0.2, 0.25) is 0 Å². The number of aryl methyl sites for hydroxylation is 1. The zero-order chi connectivity index (χ0) is 11.4. The second-order valence-corrected chi connectivity index (χ2v) is 4.44. The molecule has 0 bridgehead atoms. The first-order chi connectivity index (χ1) is 7.79. The number of nitrogens with zero attached hydrogens (tertiary/aromatic N) is 3. The van der Waals surface area contributed by atoms with Gasteiger partial charge < -0.3 is 5.73 Å². The summed E-state index contributed by atoms with van der Waals surface area (Å²) in [7, 11) is 0. The Labute approximate surface area is 103 Å². The van der Waals surface area contributed by atoms with Gasteiger partial charge in [0.15, 0.2) is 0 Å². The van der Waals surface area contributed by atoms with Gasteiger partial charge in [-0.1, -0.05) is 33.3 Å². The first-order valence-electron chi connectivity index (χ1n) is 5.16. The third kappa shape index (κ3) is 2.68. The van der Waals surface area contributed by atoms with Gasteiger partial charge in [0.05, 0.1) is 6.20 Å². The van der Waals surface area contributed by atoms with Crippen molar-refractivity contribution < 1.29 is 0 Å². The van der Waals surface area contributed by atoms with Crippen molar-refractivity contribution in [1.29, 1.82) is 0 Å². The standard InChI is InChI=1S/C11H13BrN4/c12-10-4-1-3-9(7-10)11-8-16(15-14-11)6-2-5-13/h1,3-4,7-8H,2,5-6,13H2. The predicted molar refractivity (Wildman–Crippen MR) is 66.8 cm³/mol. The molecule has 0 atom stereocenters. The Bertz CT molecular complexity index is 467. The molecule has 1 aromatic heterocycles. The Morgan fingerprint density at radius 3 is 3.00 bits per heavy atom. The van der Waals surface area contributed by atoms with Gasteiger partial charge in [-0.2, -0.15) is 0 Å². The van der Waals surface area contributed by atoms with Crippen molar-refractivity contribution in [3.05, 3.63) is 34.9 Å². The molecule has 0 aliphatic carbocycles. The molecule has 0 fully saturated rings. The number of nitrogens with two attached hydrogens (primary N) is 1. The van der Waals surface area contributed by atoms with Crippen molar-refractivity contribution in [3.63, 3.8) is 0 Å². The molecule has 1 aromatic carbocycles. The highest BCUT2D eigenvalue weighted by molar-refractivity contribution is 9.10. The lowest BCUT2D eigenvalue weighted by molar-refractivity contribution is 0.564. The van der Waals surface area contributed by atoms with Crippen LogP contribution in [0.4, 0.5) is 0 Å². The molecule has 2 N–H and O–H groups in total. The highest BCUT2D eigenvalue weighted by Crippen LogP contribution is 2.20. The molecule has 0 radical (unpaired) electrons. The Kier molecular flexibility index (Phi) is 3.69. The van der Waals surface area contributed by atoms with E-state index in [0.29, 0.717) is 6.54 Å². The summed E-state index contributed by atoms with van der Waals surface area (Å²) >= 11 is 3.44. The molecule has 0 unspecified atom stereocenters. The molecule has 0 saturated carbocycles. The largest absolute Gasteiger partial charge is 0.330 e. The van der Waals surface area contributed by atoms with Crippen molar-refractivity contribution in [2.45, 2.75) is 13.0 Å². The van der Waals surface area contributed by atoms with Gasteiger partial charge in [-0.15, -0.1) is 5.10 Å². The molecule has 2 aromatic rings. The number of aromatic nitrogens is 3. The quantitative estimate of drug-likeness (QED) is 0.933. The van der Waals surface area contributed by atoms with Crippen LogP contribution in [0.5, 0.6) is 0 Å². The van der Waals surface area contributed by atoms with Crippen molar-refractivity contribution >= 4 is 15.9 Å². The van der Waals surface area contributed by atoms with E-state index in [9.17, 15) is 0 Å². The smallest absolute Gasteiger partial charge is 0.113 e. The van der Waals surface area contributed by atoms with Crippen LogP contribution in [0, 0.1) is 0 Å². The van der Waals surface area contributed by atoms with Crippen LogP contribution in [-0.4, -0.2) is 21.5 Å². The monoisotopic (exact) mass is 280 g/mol. The average molecular weight is 281 g/mol. The number of halogens is 1. The molecule has 5 heteroatoms. The maximum atomic E-state index is 5.45. The van der Waals surface area contributed by atoms with Gasteiger partial charge in [0, 0.05) is 16.6 Å². The van der Waals surface area contributed by atoms with Gasteiger partial charge in [0.1, 0.15) is 5.69 Å². The molecule has 0 amide bonds. The molecule has 0 spiro atoms. The summed E-state index contributed by atoms with van der Waals surface area (Å²) in [5.41, 5.74) is 7.40. The first-order valence-corrected chi connectivity index (χ1v) is 5.95. The topological polar surface area (TPSA) is 56.7 Å². The lowest BCUT2D eigenvalue weighted by Crippen LogP contribution is -2.06. The predicted octanol–water partition coefficient (Wildman–Crippen LogP) is 2.06. The van der Waals surface area contributed by atoms with E-state index in [2.05, 4.69) is 26.2 Å². The summed E-state index contributed by atoms with van der Waals surface area (Å²) in [6.07, 6.45) is 2.86. The minimum atomic E-state index is 0.673. The van der Waals surface area contributed by atoms with Crippen LogP contribution in [0.15, 0.2) is 34.9 Å². The second-order valence-electron chi connectivity index (χ2n) is 3.52. The van der Waals surface area contributed by atoms with Gasteiger partial charge >= 0.3 is 0 Å².